The molecule has 6 heteroatoms. The molecule has 0 aliphatic heterocycles. The number of H-pyrrole nitrogens is 1. The van der Waals surface area contributed by atoms with E-state index in [0.717, 1.165) is 16.5 Å². The van der Waals surface area contributed by atoms with Crippen LogP contribution < -0.4 is 5.32 Å². The molecule has 2 heterocycles. The van der Waals surface area contributed by atoms with E-state index in [9.17, 15) is 9.59 Å². The fraction of sp³-hybridized carbons (Fsp3) is 0.263. The van der Waals surface area contributed by atoms with Crippen LogP contribution in [0.3, 0.4) is 0 Å². The first-order valence-electron chi connectivity index (χ1n) is 8.10. The van der Waals surface area contributed by atoms with Crippen molar-refractivity contribution in [3.63, 3.8) is 0 Å². The molecule has 0 fully saturated rings. The molecule has 25 heavy (non-hydrogen) atoms. The van der Waals surface area contributed by atoms with Crippen molar-refractivity contribution < 1.29 is 18.7 Å². The lowest BCUT2D eigenvalue weighted by molar-refractivity contribution is -0.124. The largest absolute Gasteiger partial charge is 0.466 e. The molecule has 0 aliphatic rings. The van der Waals surface area contributed by atoms with Crippen molar-refractivity contribution in [2.45, 2.75) is 20.3 Å². The molecule has 0 spiro atoms. The summed E-state index contributed by atoms with van der Waals surface area (Å²) in [5.74, 6) is 0.238. The molecule has 3 rings (SSSR count). The van der Waals surface area contributed by atoms with Gasteiger partial charge in [0.05, 0.1) is 0 Å². The van der Waals surface area contributed by atoms with Gasteiger partial charge in [0.15, 0.2) is 6.61 Å². The number of nitrogens with one attached hydrogen (secondary N) is 2. The number of aromatic amines is 1. The summed E-state index contributed by atoms with van der Waals surface area (Å²) < 4.78 is 10.3. The van der Waals surface area contributed by atoms with Crippen LogP contribution in [-0.4, -0.2) is 30.0 Å². The van der Waals surface area contributed by atoms with Gasteiger partial charge in [0, 0.05) is 23.6 Å². The number of para-hydroxylation sites is 1. The summed E-state index contributed by atoms with van der Waals surface area (Å²) in [6.45, 7) is 3.60. The van der Waals surface area contributed by atoms with Crippen LogP contribution in [0.15, 0.2) is 40.9 Å². The Labute approximate surface area is 145 Å². The van der Waals surface area contributed by atoms with Crippen molar-refractivity contribution >= 4 is 22.8 Å². The summed E-state index contributed by atoms with van der Waals surface area (Å²) in [4.78, 5) is 27.0. The van der Waals surface area contributed by atoms with E-state index < -0.39 is 5.97 Å². The molecule has 2 N–H and O–H groups in total. The molecular formula is C19H20N2O4. The van der Waals surface area contributed by atoms with Gasteiger partial charge in [-0.1, -0.05) is 18.2 Å². The smallest absolute Gasteiger partial charge is 0.342 e. The summed E-state index contributed by atoms with van der Waals surface area (Å²) in [6.07, 6.45) is 2.64. The van der Waals surface area contributed by atoms with Crippen molar-refractivity contribution in [1.29, 1.82) is 0 Å². The maximum absolute atomic E-state index is 11.9. The molecule has 0 aliphatic carbocycles. The van der Waals surface area contributed by atoms with Crippen LogP contribution in [0.2, 0.25) is 0 Å². The van der Waals surface area contributed by atoms with E-state index in [1.54, 1.807) is 19.9 Å². The highest BCUT2D eigenvalue weighted by Crippen LogP contribution is 2.17. The van der Waals surface area contributed by atoms with Crippen LogP contribution >= 0.6 is 0 Å². The highest BCUT2D eigenvalue weighted by Gasteiger charge is 2.16. The van der Waals surface area contributed by atoms with Crippen molar-refractivity contribution in [2.24, 2.45) is 0 Å². The molecule has 130 valence electrons. The molecule has 3 aromatic rings. The number of carbonyl (C=O) groups excluding carboxylic acids is 2. The Morgan fingerprint density at radius 2 is 2.04 bits per heavy atom. The van der Waals surface area contributed by atoms with Gasteiger partial charge in [0.25, 0.3) is 5.91 Å². The first-order chi connectivity index (χ1) is 12.0. The fourth-order valence-corrected chi connectivity index (χ4v) is 2.77. The van der Waals surface area contributed by atoms with Crippen molar-refractivity contribution in [2.75, 3.05) is 13.2 Å². The van der Waals surface area contributed by atoms with E-state index in [0.29, 0.717) is 30.0 Å². The van der Waals surface area contributed by atoms with Gasteiger partial charge in [-0.15, -0.1) is 0 Å². The average Bonchev–Trinajstić information content (AvgIpc) is 3.16. The van der Waals surface area contributed by atoms with Gasteiger partial charge in [-0.3, -0.25) is 4.79 Å². The third-order valence-electron chi connectivity index (χ3n) is 3.99. The number of fused-ring (bicyclic) bond motifs is 1. The highest BCUT2D eigenvalue weighted by molar-refractivity contribution is 5.92. The van der Waals surface area contributed by atoms with E-state index in [1.807, 2.05) is 30.5 Å². The molecule has 1 aromatic carbocycles. The van der Waals surface area contributed by atoms with E-state index in [1.165, 1.54) is 0 Å². The number of benzene rings is 1. The maximum Gasteiger partial charge on any atom is 0.342 e. The van der Waals surface area contributed by atoms with Gasteiger partial charge in [0.1, 0.15) is 17.1 Å². The molecule has 0 radical (unpaired) electrons. The van der Waals surface area contributed by atoms with Crippen LogP contribution in [-0.2, 0) is 16.0 Å². The number of amides is 1. The standard InChI is InChI=1S/C19H20N2O4/c1-12-9-16(13(2)25-12)19(23)24-11-18(22)20-8-7-14-10-21-17-6-4-3-5-15(14)17/h3-6,9-10,21H,7-8,11H2,1-2H3,(H,20,22). The number of hydrogen-bond donors (Lipinski definition) is 2. The number of aryl methyl sites for hydroxylation is 2. The molecule has 0 bridgehead atoms. The third-order valence-corrected chi connectivity index (χ3v) is 3.99. The number of esters is 1. The second-order valence-corrected chi connectivity index (χ2v) is 5.86. The lowest BCUT2D eigenvalue weighted by Crippen LogP contribution is -2.30. The molecule has 2 aromatic heterocycles. The van der Waals surface area contributed by atoms with Gasteiger partial charge in [-0.25, -0.2) is 4.79 Å². The highest BCUT2D eigenvalue weighted by atomic mass is 16.5. The Hall–Kier alpha value is -3.02. The van der Waals surface area contributed by atoms with Crippen LogP contribution in [0.5, 0.6) is 0 Å². The number of ether oxygens (including phenoxy) is 1. The molecule has 1 amide bonds. The Morgan fingerprint density at radius 3 is 2.80 bits per heavy atom. The van der Waals surface area contributed by atoms with Gasteiger partial charge < -0.3 is 19.5 Å². The van der Waals surface area contributed by atoms with E-state index in [4.69, 9.17) is 9.15 Å². The quantitative estimate of drug-likeness (QED) is 0.676. The predicted molar refractivity (Wildman–Crippen MR) is 93.5 cm³/mol. The normalized spacial score (nSPS) is 10.8. The Balaban J connectivity index is 1.45. The Kier molecular flexibility index (Phi) is 4.88. The van der Waals surface area contributed by atoms with Crippen LogP contribution in [0.1, 0.15) is 27.4 Å². The number of rotatable bonds is 6. The summed E-state index contributed by atoms with van der Waals surface area (Å²) >= 11 is 0. The lowest BCUT2D eigenvalue weighted by Gasteiger charge is -2.06. The second-order valence-electron chi connectivity index (χ2n) is 5.86. The molecule has 0 saturated heterocycles. The summed E-state index contributed by atoms with van der Waals surface area (Å²) in [5, 5.41) is 3.91. The number of furan rings is 1. The second kappa shape index (κ2) is 7.25. The van der Waals surface area contributed by atoms with Crippen LogP contribution in [0.25, 0.3) is 10.9 Å². The fourth-order valence-electron chi connectivity index (χ4n) is 2.77. The lowest BCUT2D eigenvalue weighted by atomic mass is 10.1. The monoisotopic (exact) mass is 340 g/mol. The first-order valence-corrected chi connectivity index (χ1v) is 8.10. The average molecular weight is 340 g/mol. The molecule has 0 saturated carbocycles. The maximum atomic E-state index is 11.9. The van der Waals surface area contributed by atoms with Crippen molar-refractivity contribution in [1.82, 2.24) is 10.3 Å². The zero-order chi connectivity index (χ0) is 17.8. The topological polar surface area (TPSA) is 84.3 Å². The van der Waals surface area contributed by atoms with E-state index in [2.05, 4.69) is 10.3 Å². The summed E-state index contributed by atoms with van der Waals surface area (Å²) in [5.41, 5.74) is 2.56. The molecule has 0 unspecified atom stereocenters. The molecule has 6 nitrogen and oxygen atoms in total. The molecule has 0 atom stereocenters. The van der Waals surface area contributed by atoms with Crippen molar-refractivity contribution in [3.8, 4) is 0 Å². The van der Waals surface area contributed by atoms with Gasteiger partial charge >= 0.3 is 5.97 Å². The number of aromatic nitrogens is 1. The van der Waals surface area contributed by atoms with E-state index >= 15 is 0 Å². The minimum atomic E-state index is -0.555. The number of carbonyl (C=O) groups is 2. The summed E-state index contributed by atoms with van der Waals surface area (Å²) in [6, 6.07) is 9.61. The van der Waals surface area contributed by atoms with Crippen LogP contribution in [0, 0.1) is 13.8 Å². The van der Waals surface area contributed by atoms with Crippen LogP contribution in [0.4, 0.5) is 0 Å². The Bertz CT molecular complexity index is 907. The minimum Gasteiger partial charge on any atom is -0.466 e. The van der Waals surface area contributed by atoms with Crippen molar-refractivity contribution in [3.05, 3.63) is 59.2 Å². The van der Waals surface area contributed by atoms with E-state index in [-0.39, 0.29) is 12.5 Å². The predicted octanol–water partition coefficient (Wildman–Crippen LogP) is 2.89. The van der Waals surface area contributed by atoms with Gasteiger partial charge in [-0.2, -0.15) is 0 Å². The SMILES string of the molecule is Cc1cc(C(=O)OCC(=O)NCCc2c[nH]c3ccccc23)c(C)o1. The summed E-state index contributed by atoms with van der Waals surface area (Å²) in [7, 11) is 0. The Morgan fingerprint density at radius 1 is 1.24 bits per heavy atom. The van der Waals surface area contributed by atoms with Gasteiger partial charge in [-0.05, 0) is 38.0 Å². The zero-order valence-corrected chi connectivity index (χ0v) is 14.2. The third kappa shape index (κ3) is 3.91. The molecular weight excluding hydrogens is 320 g/mol. The zero-order valence-electron chi connectivity index (χ0n) is 14.2. The number of hydrogen-bond acceptors (Lipinski definition) is 4. The first kappa shape index (κ1) is 16.8. The van der Waals surface area contributed by atoms with Gasteiger partial charge in [0.2, 0.25) is 0 Å². The minimum absolute atomic E-state index is 0.309.